The maximum Gasteiger partial charge on any atom is 0.165 e. The lowest BCUT2D eigenvalue weighted by Gasteiger charge is -2.09. The third kappa shape index (κ3) is 3.53. The molecule has 82 valence electrons. The Morgan fingerprint density at radius 2 is 2.33 bits per heavy atom. The Morgan fingerprint density at radius 1 is 1.67 bits per heavy atom. The van der Waals surface area contributed by atoms with E-state index in [-0.39, 0.29) is 12.4 Å². The summed E-state index contributed by atoms with van der Waals surface area (Å²) < 4.78 is 18.4. The summed E-state index contributed by atoms with van der Waals surface area (Å²) in [7, 11) is 0. The fourth-order valence-electron chi connectivity index (χ4n) is 1.05. The average Bonchev–Trinajstić information content (AvgIpc) is 2.15. The molecule has 1 N–H and O–H groups in total. The van der Waals surface area contributed by atoms with E-state index in [0.717, 1.165) is 0 Å². The predicted octanol–water partition coefficient (Wildman–Crippen LogP) is 3.01. The summed E-state index contributed by atoms with van der Waals surface area (Å²) in [4.78, 5) is 0. The molecule has 1 rings (SSSR count). The zero-order chi connectivity index (χ0) is 11.4. The molecule has 0 unspecified atom stereocenters. The van der Waals surface area contributed by atoms with Crippen LogP contribution < -0.4 is 4.74 Å². The summed E-state index contributed by atoms with van der Waals surface area (Å²) >= 11 is 5.48. The molecule has 0 aromatic heterocycles. The van der Waals surface area contributed by atoms with Crippen molar-refractivity contribution in [1.29, 1.82) is 0 Å². The first-order valence-corrected chi connectivity index (χ1v) is 4.82. The minimum atomic E-state index is -0.698. The van der Waals surface area contributed by atoms with Crippen LogP contribution in [-0.4, -0.2) is 11.7 Å². The molecule has 2 nitrogen and oxygen atoms in total. The number of aliphatic hydroxyl groups is 1. The van der Waals surface area contributed by atoms with Crippen LogP contribution in [0.3, 0.4) is 0 Å². The molecule has 0 bridgehead atoms. The molecule has 1 atom stereocenters. The van der Waals surface area contributed by atoms with Crippen molar-refractivity contribution in [3.05, 3.63) is 41.2 Å². The SMILES string of the molecule is C=C(Cl)COc1ccc([C@H](C)O)cc1F. The Morgan fingerprint density at radius 3 is 2.80 bits per heavy atom. The van der Waals surface area contributed by atoms with Crippen molar-refractivity contribution in [3.63, 3.8) is 0 Å². The lowest BCUT2D eigenvalue weighted by atomic mass is 10.1. The van der Waals surface area contributed by atoms with Crippen LogP contribution in [0.1, 0.15) is 18.6 Å². The van der Waals surface area contributed by atoms with Gasteiger partial charge in [-0.3, -0.25) is 0 Å². The van der Waals surface area contributed by atoms with E-state index in [2.05, 4.69) is 6.58 Å². The van der Waals surface area contributed by atoms with Gasteiger partial charge in [-0.1, -0.05) is 24.2 Å². The van der Waals surface area contributed by atoms with Crippen molar-refractivity contribution in [2.24, 2.45) is 0 Å². The lowest BCUT2D eigenvalue weighted by Crippen LogP contribution is -2.00. The number of aliphatic hydroxyl groups excluding tert-OH is 1. The number of hydrogen-bond donors (Lipinski definition) is 1. The second-order valence-electron chi connectivity index (χ2n) is 3.17. The summed E-state index contributed by atoms with van der Waals surface area (Å²) in [5.41, 5.74) is 0.504. The van der Waals surface area contributed by atoms with Crippen LogP contribution in [0.4, 0.5) is 4.39 Å². The average molecular weight is 231 g/mol. The molecule has 0 amide bonds. The van der Waals surface area contributed by atoms with Crippen molar-refractivity contribution in [2.75, 3.05) is 6.61 Å². The van der Waals surface area contributed by atoms with Crippen molar-refractivity contribution in [2.45, 2.75) is 13.0 Å². The molecule has 15 heavy (non-hydrogen) atoms. The summed E-state index contributed by atoms with van der Waals surface area (Å²) in [6.45, 7) is 5.05. The zero-order valence-corrected chi connectivity index (χ0v) is 9.09. The van der Waals surface area contributed by atoms with E-state index < -0.39 is 11.9 Å². The number of hydrogen-bond acceptors (Lipinski definition) is 2. The van der Waals surface area contributed by atoms with Crippen LogP contribution >= 0.6 is 11.6 Å². The van der Waals surface area contributed by atoms with Gasteiger partial charge in [0.2, 0.25) is 0 Å². The van der Waals surface area contributed by atoms with Gasteiger partial charge in [-0.05, 0) is 24.6 Å². The van der Waals surface area contributed by atoms with Gasteiger partial charge in [-0.25, -0.2) is 4.39 Å². The molecular weight excluding hydrogens is 219 g/mol. The van der Waals surface area contributed by atoms with Crippen molar-refractivity contribution in [3.8, 4) is 5.75 Å². The van der Waals surface area contributed by atoms with Crippen LogP contribution in [-0.2, 0) is 0 Å². The highest BCUT2D eigenvalue weighted by molar-refractivity contribution is 6.29. The fourth-order valence-corrected chi connectivity index (χ4v) is 1.10. The number of ether oxygens (including phenoxy) is 1. The maximum atomic E-state index is 13.4. The van der Waals surface area contributed by atoms with Gasteiger partial charge in [0.1, 0.15) is 6.61 Å². The second-order valence-corrected chi connectivity index (χ2v) is 3.71. The maximum absolute atomic E-state index is 13.4. The minimum Gasteiger partial charge on any atom is -0.485 e. The van der Waals surface area contributed by atoms with E-state index in [0.29, 0.717) is 10.6 Å². The first-order valence-electron chi connectivity index (χ1n) is 4.44. The summed E-state index contributed by atoms with van der Waals surface area (Å²) in [6, 6.07) is 4.29. The summed E-state index contributed by atoms with van der Waals surface area (Å²) in [6.07, 6.45) is -0.698. The van der Waals surface area contributed by atoms with E-state index in [1.54, 1.807) is 13.0 Å². The topological polar surface area (TPSA) is 29.5 Å². The van der Waals surface area contributed by atoms with Gasteiger partial charge in [-0.2, -0.15) is 0 Å². The van der Waals surface area contributed by atoms with Crippen LogP contribution in [0.25, 0.3) is 0 Å². The van der Waals surface area contributed by atoms with E-state index in [9.17, 15) is 9.50 Å². The molecular formula is C11H12ClFO2. The Labute approximate surface area is 92.9 Å². The molecule has 0 heterocycles. The Hall–Kier alpha value is -1.06. The van der Waals surface area contributed by atoms with Crippen molar-refractivity contribution >= 4 is 11.6 Å². The standard InChI is InChI=1S/C11H12ClFO2/c1-7(12)6-15-11-4-3-9(8(2)14)5-10(11)13/h3-5,8,14H,1,6H2,2H3/t8-/m0/s1. The molecule has 4 heteroatoms. The van der Waals surface area contributed by atoms with Crippen molar-refractivity contribution in [1.82, 2.24) is 0 Å². The number of benzene rings is 1. The van der Waals surface area contributed by atoms with E-state index >= 15 is 0 Å². The van der Waals surface area contributed by atoms with Gasteiger partial charge in [0.25, 0.3) is 0 Å². The van der Waals surface area contributed by atoms with Crippen LogP contribution in [0.5, 0.6) is 5.75 Å². The fraction of sp³-hybridized carbons (Fsp3) is 0.273. The number of rotatable bonds is 4. The van der Waals surface area contributed by atoms with E-state index in [1.165, 1.54) is 12.1 Å². The predicted molar refractivity (Wildman–Crippen MR) is 57.5 cm³/mol. The smallest absolute Gasteiger partial charge is 0.165 e. The van der Waals surface area contributed by atoms with Gasteiger partial charge >= 0.3 is 0 Å². The minimum absolute atomic E-state index is 0.0620. The molecule has 0 fully saturated rings. The molecule has 0 saturated heterocycles. The highest BCUT2D eigenvalue weighted by atomic mass is 35.5. The zero-order valence-electron chi connectivity index (χ0n) is 8.34. The Kier molecular flexibility index (Phi) is 4.12. The van der Waals surface area contributed by atoms with Crippen LogP contribution in [0, 0.1) is 5.82 Å². The second kappa shape index (κ2) is 5.14. The third-order valence-corrected chi connectivity index (χ3v) is 1.93. The summed E-state index contributed by atoms with van der Waals surface area (Å²) in [5, 5.41) is 9.51. The first-order chi connectivity index (χ1) is 7.00. The van der Waals surface area contributed by atoms with Gasteiger partial charge in [-0.15, -0.1) is 0 Å². The Balaban J connectivity index is 2.79. The molecule has 0 aliphatic rings. The molecule has 0 aliphatic carbocycles. The highest BCUT2D eigenvalue weighted by Crippen LogP contribution is 2.22. The van der Waals surface area contributed by atoms with Crippen molar-refractivity contribution < 1.29 is 14.2 Å². The Bertz CT molecular complexity index is 364. The van der Waals surface area contributed by atoms with Crippen LogP contribution in [0.2, 0.25) is 0 Å². The van der Waals surface area contributed by atoms with Crippen LogP contribution in [0.15, 0.2) is 29.8 Å². The number of halogens is 2. The third-order valence-electron chi connectivity index (χ3n) is 1.82. The quantitative estimate of drug-likeness (QED) is 0.862. The molecule has 0 radical (unpaired) electrons. The first kappa shape index (κ1) is 12.0. The molecule has 1 aromatic carbocycles. The highest BCUT2D eigenvalue weighted by Gasteiger charge is 2.07. The largest absolute Gasteiger partial charge is 0.485 e. The van der Waals surface area contributed by atoms with Gasteiger partial charge in [0, 0.05) is 5.03 Å². The normalized spacial score (nSPS) is 12.3. The van der Waals surface area contributed by atoms with Gasteiger partial charge in [0.15, 0.2) is 11.6 Å². The van der Waals surface area contributed by atoms with E-state index in [1.807, 2.05) is 0 Å². The monoisotopic (exact) mass is 230 g/mol. The molecule has 0 spiro atoms. The summed E-state index contributed by atoms with van der Waals surface area (Å²) in [5.74, 6) is -0.424. The van der Waals surface area contributed by atoms with Gasteiger partial charge < -0.3 is 9.84 Å². The van der Waals surface area contributed by atoms with Gasteiger partial charge in [0.05, 0.1) is 6.10 Å². The van der Waals surface area contributed by atoms with E-state index in [4.69, 9.17) is 16.3 Å². The lowest BCUT2D eigenvalue weighted by molar-refractivity contribution is 0.198. The molecule has 0 aliphatic heterocycles. The molecule has 0 saturated carbocycles. The molecule has 1 aromatic rings.